The molecule has 2 aromatic rings. The first-order valence-electron chi connectivity index (χ1n) is 7.66. The fourth-order valence-corrected chi connectivity index (χ4v) is 2.29. The van der Waals surface area contributed by atoms with E-state index in [1.165, 1.54) is 0 Å². The molecular weight excluding hydrogens is 292 g/mol. The number of aryl methyl sites for hydroxylation is 3. The van der Waals surface area contributed by atoms with E-state index >= 15 is 0 Å². The van der Waals surface area contributed by atoms with Gasteiger partial charge in [-0.25, -0.2) is 0 Å². The Morgan fingerprint density at radius 3 is 2.04 bits per heavy atom. The fraction of sp³-hybridized carbons (Fsp3) is 0.316. The van der Waals surface area contributed by atoms with E-state index in [1.54, 1.807) is 25.1 Å². The van der Waals surface area contributed by atoms with E-state index in [0.29, 0.717) is 11.5 Å². The number of carboxylic acids is 1. The Balaban J connectivity index is 0.00000127. The van der Waals surface area contributed by atoms with E-state index in [0.717, 1.165) is 22.3 Å². The summed E-state index contributed by atoms with van der Waals surface area (Å²) in [5.41, 5.74) is 3.27. The van der Waals surface area contributed by atoms with Crippen LogP contribution in [0.5, 0.6) is 17.2 Å². The van der Waals surface area contributed by atoms with Gasteiger partial charge in [0.2, 0.25) is 0 Å². The maximum atomic E-state index is 10.8. The number of aromatic hydroxyl groups is 1. The SMILES string of the molecule is CC.Cc1cc(Oc2c(C)cc(CC(=O)O)cc2C)ccc1O. The van der Waals surface area contributed by atoms with Crippen molar-refractivity contribution in [2.24, 2.45) is 0 Å². The van der Waals surface area contributed by atoms with Crippen LogP contribution < -0.4 is 4.74 Å². The number of hydrogen-bond acceptors (Lipinski definition) is 3. The first kappa shape index (κ1) is 18.6. The van der Waals surface area contributed by atoms with Gasteiger partial charge >= 0.3 is 5.97 Å². The topological polar surface area (TPSA) is 66.8 Å². The van der Waals surface area contributed by atoms with Crippen LogP contribution >= 0.6 is 0 Å². The zero-order valence-corrected chi connectivity index (χ0v) is 14.3. The van der Waals surface area contributed by atoms with Gasteiger partial charge in [-0.05, 0) is 61.2 Å². The number of ether oxygens (including phenoxy) is 1. The second-order valence-corrected chi connectivity index (χ2v) is 5.18. The number of benzene rings is 2. The van der Waals surface area contributed by atoms with E-state index in [1.807, 2.05) is 39.8 Å². The summed E-state index contributed by atoms with van der Waals surface area (Å²) >= 11 is 0. The van der Waals surface area contributed by atoms with E-state index in [-0.39, 0.29) is 12.2 Å². The van der Waals surface area contributed by atoms with Crippen LogP contribution in [-0.2, 0) is 11.2 Å². The van der Waals surface area contributed by atoms with Crippen LogP contribution in [0.25, 0.3) is 0 Å². The Morgan fingerprint density at radius 1 is 1.00 bits per heavy atom. The lowest BCUT2D eigenvalue weighted by Gasteiger charge is -2.14. The molecule has 23 heavy (non-hydrogen) atoms. The summed E-state index contributed by atoms with van der Waals surface area (Å²) < 4.78 is 5.88. The minimum atomic E-state index is -0.850. The smallest absolute Gasteiger partial charge is 0.307 e. The molecular formula is C19H24O4. The van der Waals surface area contributed by atoms with Gasteiger partial charge in [0.05, 0.1) is 6.42 Å². The maximum absolute atomic E-state index is 10.8. The van der Waals surface area contributed by atoms with Crippen LogP contribution in [0.3, 0.4) is 0 Å². The number of phenols is 1. The Morgan fingerprint density at radius 2 is 1.57 bits per heavy atom. The molecule has 0 radical (unpaired) electrons. The lowest BCUT2D eigenvalue weighted by molar-refractivity contribution is -0.136. The molecule has 0 fully saturated rings. The van der Waals surface area contributed by atoms with Gasteiger partial charge in [0, 0.05) is 0 Å². The molecule has 2 aromatic carbocycles. The van der Waals surface area contributed by atoms with E-state index in [9.17, 15) is 9.90 Å². The minimum absolute atomic E-state index is 0.000275. The number of rotatable bonds is 4. The third-order valence-electron chi connectivity index (χ3n) is 3.26. The highest BCUT2D eigenvalue weighted by atomic mass is 16.5. The average Bonchev–Trinajstić information content (AvgIpc) is 2.48. The summed E-state index contributed by atoms with van der Waals surface area (Å²) in [5.74, 6) is 0.737. The molecule has 0 saturated heterocycles. The Bertz CT molecular complexity index is 667. The second-order valence-electron chi connectivity index (χ2n) is 5.18. The number of aliphatic carboxylic acids is 1. The van der Waals surface area contributed by atoms with Gasteiger partial charge in [0.15, 0.2) is 0 Å². The monoisotopic (exact) mass is 316 g/mol. The number of phenolic OH excluding ortho intramolecular Hbond substituents is 1. The first-order valence-corrected chi connectivity index (χ1v) is 7.66. The average molecular weight is 316 g/mol. The van der Waals surface area contributed by atoms with Crippen molar-refractivity contribution in [3.63, 3.8) is 0 Å². The molecule has 0 aliphatic rings. The largest absolute Gasteiger partial charge is 0.508 e. The first-order chi connectivity index (χ1) is 10.9. The van der Waals surface area contributed by atoms with Crippen LogP contribution in [0.1, 0.15) is 36.1 Å². The predicted molar refractivity (Wildman–Crippen MR) is 91.5 cm³/mol. The summed E-state index contributed by atoms with van der Waals surface area (Å²) in [6.45, 7) is 9.58. The standard InChI is InChI=1S/C17H18O4.C2H6/c1-10-8-14(4-5-15(10)18)21-17-11(2)6-13(7-12(17)3)9-16(19)20;1-2/h4-8,18H,9H2,1-3H3,(H,19,20);1-2H3. The van der Waals surface area contributed by atoms with Gasteiger partial charge in [0.1, 0.15) is 17.2 Å². The van der Waals surface area contributed by atoms with Gasteiger partial charge < -0.3 is 14.9 Å². The molecule has 0 unspecified atom stereocenters. The molecule has 0 saturated carbocycles. The molecule has 0 amide bonds. The van der Waals surface area contributed by atoms with Crippen molar-refractivity contribution in [3.05, 3.63) is 52.6 Å². The number of carboxylic acid groups (broad SMARTS) is 1. The van der Waals surface area contributed by atoms with E-state index < -0.39 is 5.97 Å². The highest BCUT2D eigenvalue weighted by Crippen LogP contribution is 2.32. The van der Waals surface area contributed by atoms with Crippen LogP contribution in [0.2, 0.25) is 0 Å². The van der Waals surface area contributed by atoms with Crippen molar-refractivity contribution in [3.8, 4) is 17.2 Å². The molecule has 0 atom stereocenters. The second kappa shape index (κ2) is 8.22. The molecule has 0 bridgehead atoms. The van der Waals surface area contributed by atoms with E-state index in [2.05, 4.69) is 0 Å². The molecule has 0 aromatic heterocycles. The van der Waals surface area contributed by atoms with Crippen LogP contribution in [0.15, 0.2) is 30.3 Å². The van der Waals surface area contributed by atoms with Gasteiger partial charge in [-0.3, -0.25) is 4.79 Å². The van der Waals surface area contributed by atoms with Crippen LogP contribution in [0, 0.1) is 20.8 Å². The van der Waals surface area contributed by atoms with Crippen molar-refractivity contribution in [2.75, 3.05) is 0 Å². The third kappa shape index (κ3) is 5.02. The number of carbonyl (C=O) groups is 1. The summed E-state index contributed by atoms with van der Waals surface area (Å²) in [5, 5.41) is 18.4. The van der Waals surface area contributed by atoms with Gasteiger partial charge in [-0.1, -0.05) is 26.0 Å². The lowest BCUT2D eigenvalue weighted by Crippen LogP contribution is -2.02. The molecule has 4 nitrogen and oxygen atoms in total. The molecule has 2 N–H and O–H groups in total. The van der Waals surface area contributed by atoms with Crippen molar-refractivity contribution in [2.45, 2.75) is 41.0 Å². The quantitative estimate of drug-likeness (QED) is 0.853. The molecule has 0 spiro atoms. The highest BCUT2D eigenvalue weighted by Gasteiger charge is 2.10. The lowest BCUT2D eigenvalue weighted by atomic mass is 10.0. The van der Waals surface area contributed by atoms with Crippen molar-refractivity contribution >= 4 is 5.97 Å². The zero-order valence-electron chi connectivity index (χ0n) is 14.3. The molecule has 0 aliphatic heterocycles. The Labute approximate surface area is 137 Å². The normalized spacial score (nSPS) is 9.78. The summed E-state index contributed by atoms with van der Waals surface area (Å²) in [6, 6.07) is 8.70. The van der Waals surface area contributed by atoms with Crippen LogP contribution in [-0.4, -0.2) is 16.2 Å². The molecule has 0 heterocycles. The van der Waals surface area contributed by atoms with Crippen molar-refractivity contribution < 1.29 is 19.7 Å². The van der Waals surface area contributed by atoms with Gasteiger partial charge in [-0.2, -0.15) is 0 Å². The molecule has 0 aliphatic carbocycles. The predicted octanol–water partition coefficient (Wildman–Crippen LogP) is 4.76. The third-order valence-corrected chi connectivity index (χ3v) is 3.26. The van der Waals surface area contributed by atoms with Crippen LogP contribution in [0.4, 0.5) is 0 Å². The van der Waals surface area contributed by atoms with Crippen molar-refractivity contribution in [1.82, 2.24) is 0 Å². The fourth-order valence-electron chi connectivity index (χ4n) is 2.29. The molecule has 2 rings (SSSR count). The summed E-state index contributed by atoms with van der Waals surface area (Å²) in [6.07, 6.45) is 0.000275. The highest BCUT2D eigenvalue weighted by molar-refractivity contribution is 5.70. The van der Waals surface area contributed by atoms with Crippen molar-refractivity contribution in [1.29, 1.82) is 0 Å². The summed E-state index contributed by atoms with van der Waals surface area (Å²) in [4.78, 5) is 10.8. The van der Waals surface area contributed by atoms with E-state index in [4.69, 9.17) is 9.84 Å². The molecule has 124 valence electrons. The number of hydrogen-bond donors (Lipinski definition) is 2. The Hall–Kier alpha value is -2.49. The van der Waals surface area contributed by atoms with Gasteiger partial charge in [-0.15, -0.1) is 0 Å². The zero-order chi connectivity index (χ0) is 17.6. The minimum Gasteiger partial charge on any atom is -0.508 e. The Kier molecular flexibility index (Phi) is 6.64. The van der Waals surface area contributed by atoms with Gasteiger partial charge in [0.25, 0.3) is 0 Å². The summed E-state index contributed by atoms with van der Waals surface area (Å²) in [7, 11) is 0. The molecule has 4 heteroatoms. The maximum Gasteiger partial charge on any atom is 0.307 e.